The highest BCUT2D eigenvalue weighted by atomic mass is 35.5. The van der Waals surface area contributed by atoms with Crippen LogP contribution in [0.25, 0.3) is 0 Å². The third-order valence-electron chi connectivity index (χ3n) is 3.48. The minimum Gasteiger partial charge on any atom is -0.480 e. The van der Waals surface area contributed by atoms with E-state index in [1.54, 1.807) is 17.0 Å². The van der Waals surface area contributed by atoms with Crippen molar-refractivity contribution in [1.82, 2.24) is 0 Å². The first-order valence-electron chi connectivity index (χ1n) is 6.76. The van der Waals surface area contributed by atoms with Gasteiger partial charge in [0.25, 0.3) is 0 Å². The molecule has 0 aliphatic carbocycles. The normalized spacial score (nSPS) is 20.9. The van der Waals surface area contributed by atoms with Crippen molar-refractivity contribution in [2.45, 2.75) is 38.4 Å². The van der Waals surface area contributed by atoms with Crippen LogP contribution in [0.4, 0.5) is 5.69 Å². The number of ether oxygens (including phenoxy) is 1. The van der Waals surface area contributed by atoms with Gasteiger partial charge in [0.05, 0.1) is 11.7 Å². The largest absolute Gasteiger partial charge is 0.480 e. The molecule has 4 nitrogen and oxygen atoms in total. The molecule has 1 aromatic rings. The Kier molecular flexibility index (Phi) is 4.55. The van der Waals surface area contributed by atoms with Crippen molar-refractivity contribution in [3.8, 4) is 0 Å². The topological polar surface area (TPSA) is 49.8 Å². The minimum atomic E-state index is -0.859. The average Bonchev–Trinajstić information content (AvgIpc) is 2.67. The first kappa shape index (κ1) is 15.1. The van der Waals surface area contributed by atoms with Crippen molar-refractivity contribution in [2.24, 2.45) is 0 Å². The Balaban J connectivity index is 2.10. The number of hydrogen-bond acceptors (Lipinski definition) is 3. The van der Waals surface area contributed by atoms with E-state index in [0.29, 0.717) is 11.6 Å². The molecule has 0 aromatic heterocycles. The van der Waals surface area contributed by atoms with Crippen molar-refractivity contribution in [2.75, 3.05) is 18.0 Å². The van der Waals surface area contributed by atoms with E-state index in [-0.39, 0.29) is 18.2 Å². The van der Waals surface area contributed by atoms with E-state index in [1.807, 2.05) is 12.1 Å². The van der Waals surface area contributed by atoms with Crippen LogP contribution >= 0.6 is 11.6 Å². The molecule has 1 fully saturated rings. The lowest BCUT2D eigenvalue weighted by molar-refractivity contribution is -0.135. The zero-order valence-corrected chi connectivity index (χ0v) is 12.6. The van der Waals surface area contributed by atoms with Gasteiger partial charge in [0.2, 0.25) is 0 Å². The first-order valence-corrected chi connectivity index (χ1v) is 7.14. The lowest BCUT2D eigenvalue weighted by Gasteiger charge is -2.27. The molecule has 0 saturated carbocycles. The molecule has 1 N–H and O–H groups in total. The van der Waals surface area contributed by atoms with Crippen LogP contribution in [0.1, 0.15) is 26.7 Å². The summed E-state index contributed by atoms with van der Waals surface area (Å²) in [6.45, 7) is 4.64. The summed E-state index contributed by atoms with van der Waals surface area (Å²) in [5.74, 6) is -0.859. The molecule has 1 aromatic carbocycles. The van der Waals surface area contributed by atoms with Gasteiger partial charge in [-0.25, -0.2) is 0 Å². The number of benzene rings is 1. The number of rotatable bonds is 5. The Morgan fingerprint density at radius 3 is 2.85 bits per heavy atom. The predicted octanol–water partition coefficient (Wildman–Crippen LogP) is 3.19. The maximum absolute atomic E-state index is 11.1. The lowest BCUT2D eigenvalue weighted by atomic mass is 10.1. The molecule has 1 saturated heterocycles. The van der Waals surface area contributed by atoms with Crippen molar-refractivity contribution in [1.29, 1.82) is 0 Å². The van der Waals surface area contributed by atoms with E-state index >= 15 is 0 Å². The second-order valence-electron chi connectivity index (χ2n) is 5.79. The van der Waals surface area contributed by atoms with Gasteiger partial charge in [0.15, 0.2) is 0 Å². The van der Waals surface area contributed by atoms with Gasteiger partial charge in [-0.1, -0.05) is 17.7 Å². The Morgan fingerprint density at radius 2 is 2.30 bits per heavy atom. The van der Waals surface area contributed by atoms with Crippen LogP contribution in [0.2, 0.25) is 5.02 Å². The zero-order valence-electron chi connectivity index (χ0n) is 11.8. The molecular formula is C15H20ClNO3. The molecule has 1 aliphatic heterocycles. The summed E-state index contributed by atoms with van der Waals surface area (Å²) in [4.78, 5) is 12.9. The third-order valence-corrected chi connectivity index (χ3v) is 3.71. The van der Waals surface area contributed by atoms with Crippen molar-refractivity contribution in [3.05, 3.63) is 29.3 Å². The number of nitrogens with zero attached hydrogens (tertiary/aromatic N) is 1. The summed E-state index contributed by atoms with van der Waals surface area (Å²) < 4.78 is 5.94. The molecule has 0 spiro atoms. The van der Waals surface area contributed by atoms with E-state index in [1.165, 1.54) is 0 Å². The molecule has 110 valence electrons. The fraction of sp³-hybridized carbons (Fsp3) is 0.533. The summed E-state index contributed by atoms with van der Waals surface area (Å²) in [6.07, 6.45) is 2.00. The van der Waals surface area contributed by atoms with Crippen LogP contribution in [0.3, 0.4) is 0 Å². The Labute approximate surface area is 124 Å². The fourth-order valence-corrected chi connectivity index (χ4v) is 2.73. The molecular weight excluding hydrogens is 278 g/mol. The predicted molar refractivity (Wildman–Crippen MR) is 79.5 cm³/mol. The molecule has 1 aliphatic rings. The van der Waals surface area contributed by atoms with Gasteiger partial charge in [-0.2, -0.15) is 0 Å². The zero-order chi connectivity index (χ0) is 14.8. The summed E-state index contributed by atoms with van der Waals surface area (Å²) in [5.41, 5.74) is 0.696. The van der Waals surface area contributed by atoms with Crippen LogP contribution in [-0.4, -0.2) is 35.9 Å². The van der Waals surface area contributed by atoms with E-state index in [9.17, 15) is 4.79 Å². The maximum atomic E-state index is 11.1. The van der Waals surface area contributed by atoms with Crippen molar-refractivity contribution >= 4 is 23.3 Å². The molecule has 20 heavy (non-hydrogen) atoms. The van der Waals surface area contributed by atoms with E-state index in [2.05, 4.69) is 13.8 Å². The van der Waals surface area contributed by atoms with Gasteiger partial charge in [-0.05, 0) is 44.9 Å². The number of anilines is 1. The summed E-state index contributed by atoms with van der Waals surface area (Å²) in [5, 5.41) is 9.68. The lowest BCUT2D eigenvalue weighted by Crippen LogP contribution is -2.37. The Bertz CT molecular complexity index is 490. The van der Waals surface area contributed by atoms with Crippen molar-refractivity contribution < 1.29 is 14.6 Å². The molecule has 2 rings (SSSR count). The second kappa shape index (κ2) is 6.02. The van der Waals surface area contributed by atoms with E-state index < -0.39 is 5.97 Å². The highest BCUT2D eigenvalue weighted by molar-refractivity contribution is 6.30. The maximum Gasteiger partial charge on any atom is 0.323 e. The fourth-order valence-electron chi connectivity index (χ4n) is 2.55. The minimum absolute atomic E-state index is 0.0549. The highest BCUT2D eigenvalue weighted by Crippen LogP contribution is 2.31. The van der Waals surface area contributed by atoms with Crippen molar-refractivity contribution in [3.63, 3.8) is 0 Å². The van der Waals surface area contributed by atoms with Crippen LogP contribution in [-0.2, 0) is 9.53 Å². The number of aliphatic carboxylic acids is 1. The smallest absolute Gasteiger partial charge is 0.323 e. The molecule has 0 amide bonds. The standard InChI is InChI=1S/C15H20ClNO3/c1-15(2)7-6-13(20-15)9-17(10-14(18)19)12-5-3-4-11(16)8-12/h3-5,8,13H,6-7,9-10H2,1-2H3,(H,18,19). The highest BCUT2D eigenvalue weighted by Gasteiger charge is 2.33. The second-order valence-corrected chi connectivity index (χ2v) is 6.23. The van der Waals surface area contributed by atoms with Gasteiger partial charge < -0.3 is 14.7 Å². The number of carboxylic acids is 1. The molecule has 0 bridgehead atoms. The monoisotopic (exact) mass is 297 g/mol. The van der Waals surface area contributed by atoms with Gasteiger partial charge in [-0.15, -0.1) is 0 Å². The van der Waals surface area contributed by atoms with Gasteiger partial charge in [0.1, 0.15) is 6.54 Å². The SMILES string of the molecule is CC1(C)CCC(CN(CC(=O)O)c2cccc(Cl)c2)O1. The number of carbonyl (C=O) groups is 1. The number of halogens is 1. The summed E-state index contributed by atoms with van der Waals surface area (Å²) in [7, 11) is 0. The van der Waals surface area contributed by atoms with Crippen LogP contribution in [0.15, 0.2) is 24.3 Å². The first-order chi connectivity index (χ1) is 9.35. The molecule has 1 heterocycles. The number of hydrogen-bond donors (Lipinski definition) is 1. The van der Waals surface area contributed by atoms with E-state index in [0.717, 1.165) is 18.5 Å². The molecule has 1 atom stereocenters. The Morgan fingerprint density at radius 1 is 1.55 bits per heavy atom. The molecule has 1 unspecified atom stereocenters. The van der Waals surface area contributed by atoms with Gasteiger partial charge in [0, 0.05) is 17.3 Å². The molecule has 5 heteroatoms. The van der Waals surface area contributed by atoms with E-state index in [4.69, 9.17) is 21.4 Å². The van der Waals surface area contributed by atoms with Gasteiger partial charge in [-0.3, -0.25) is 4.79 Å². The average molecular weight is 298 g/mol. The van der Waals surface area contributed by atoms with Gasteiger partial charge >= 0.3 is 5.97 Å². The number of carboxylic acid groups (broad SMARTS) is 1. The molecule has 0 radical (unpaired) electrons. The van der Waals surface area contributed by atoms with Crippen LogP contribution < -0.4 is 4.90 Å². The Hall–Kier alpha value is -1.26. The van der Waals surface area contributed by atoms with Crippen LogP contribution in [0.5, 0.6) is 0 Å². The quantitative estimate of drug-likeness (QED) is 0.907. The summed E-state index contributed by atoms with van der Waals surface area (Å²) in [6, 6.07) is 7.25. The van der Waals surface area contributed by atoms with Crippen LogP contribution in [0, 0.1) is 0 Å². The summed E-state index contributed by atoms with van der Waals surface area (Å²) >= 11 is 5.98. The third kappa shape index (κ3) is 4.12.